The molecule has 6 nitrogen and oxygen atoms in total. The van der Waals surface area contributed by atoms with Gasteiger partial charge in [-0.2, -0.15) is 4.31 Å². The van der Waals surface area contributed by atoms with Crippen LogP contribution in [0.1, 0.15) is 48.4 Å². The Morgan fingerprint density at radius 3 is 2.55 bits per heavy atom. The van der Waals surface area contributed by atoms with E-state index in [9.17, 15) is 13.2 Å². The first-order valence-corrected chi connectivity index (χ1v) is 12.4. The van der Waals surface area contributed by atoms with E-state index in [1.165, 1.54) is 15.4 Å². The second-order valence-electron chi connectivity index (χ2n) is 8.46. The number of fused-ring (bicyclic) bond motifs is 1. The molecular formula is C24H30N2O4S. The molecule has 1 atom stereocenters. The van der Waals surface area contributed by atoms with Crippen molar-refractivity contribution in [2.24, 2.45) is 5.92 Å². The van der Waals surface area contributed by atoms with Crippen LogP contribution in [0, 0.1) is 12.8 Å². The largest absolute Gasteiger partial charge is 0.496 e. The summed E-state index contributed by atoms with van der Waals surface area (Å²) in [6.07, 6.45) is 4.15. The lowest BCUT2D eigenvalue weighted by Crippen LogP contribution is -2.44. The molecule has 1 N–H and O–H groups in total. The number of benzene rings is 2. The molecule has 1 aliphatic heterocycles. The fourth-order valence-corrected chi connectivity index (χ4v) is 6.27. The van der Waals surface area contributed by atoms with Crippen LogP contribution in [0.5, 0.6) is 5.75 Å². The summed E-state index contributed by atoms with van der Waals surface area (Å²) in [5, 5.41) is 3.23. The summed E-state index contributed by atoms with van der Waals surface area (Å²) < 4.78 is 32.8. The van der Waals surface area contributed by atoms with Gasteiger partial charge in [0.05, 0.1) is 18.0 Å². The van der Waals surface area contributed by atoms with E-state index in [1.54, 1.807) is 25.3 Å². The van der Waals surface area contributed by atoms with Crippen LogP contribution in [-0.2, 0) is 21.2 Å². The highest BCUT2D eigenvalue weighted by Crippen LogP contribution is 2.31. The van der Waals surface area contributed by atoms with Crippen LogP contribution >= 0.6 is 0 Å². The van der Waals surface area contributed by atoms with Gasteiger partial charge in [-0.3, -0.25) is 4.79 Å². The SMILES string of the molecule is COc1ccc(S(=O)(=O)N2CCC(C(=O)N[C@@H]3CCCc4ccccc43)CC2)cc1C. The Morgan fingerprint density at radius 1 is 1.10 bits per heavy atom. The van der Waals surface area contributed by atoms with Gasteiger partial charge >= 0.3 is 0 Å². The van der Waals surface area contributed by atoms with Crippen molar-refractivity contribution in [3.63, 3.8) is 0 Å². The number of amides is 1. The summed E-state index contributed by atoms with van der Waals surface area (Å²) in [7, 11) is -2.01. The molecule has 166 valence electrons. The highest BCUT2D eigenvalue weighted by molar-refractivity contribution is 7.89. The minimum Gasteiger partial charge on any atom is -0.496 e. The zero-order valence-electron chi connectivity index (χ0n) is 18.1. The predicted octanol–water partition coefficient (Wildman–Crippen LogP) is 3.60. The van der Waals surface area contributed by atoms with Gasteiger partial charge in [-0.15, -0.1) is 0 Å². The second kappa shape index (κ2) is 9.01. The highest BCUT2D eigenvalue weighted by atomic mass is 32.2. The van der Waals surface area contributed by atoms with Crippen molar-refractivity contribution in [1.82, 2.24) is 9.62 Å². The summed E-state index contributed by atoms with van der Waals surface area (Å²) in [5.41, 5.74) is 3.32. The number of hydrogen-bond donors (Lipinski definition) is 1. The van der Waals surface area contributed by atoms with E-state index in [0.29, 0.717) is 31.7 Å². The Hall–Kier alpha value is -2.38. The quantitative estimate of drug-likeness (QED) is 0.768. The summed E-state index contributed by atoms with van der Waals surface area (Å²) in [4.78, 5) is 13.2. The molecule has 0 radical (unpaired) electrons. The topological polar surface area (TPSA) is 75.7 Å². The van der Waals surface area contributed by atoms with Crippen molar-refractivity contribution in [3.8, 4) is 5.75 Å². The third-order valence-electron chi connectivity index (χ3n) is 6.51. The minimum absolute atomic E-state index is 0.0408. The zero-order chi connectivity index (χ0) is 22.0. The zero-order valence-corrected chi connectivity index (χ0v) is 19.0. The number of ether oxygens (including phenoxy) is 1. The van der Waals surface area contributed by atoms with Crippen molar-refractivity contribution >= 4 is 15.9 Å². The van der Waals surface area contributed by atoms with Crippen molar-refractivity contribution in [2.75, 3.05) is 20.2 Å². The molecule has 1 heterocycles. The number of methoxy groups -OCH3 is 1. The molecule has 0 aromatic heterocycles. The van der Waals surface area contributed by atoms with E-state index < -0.39 is 10.0 Å². The molecular weight excluding hydrogens is 412 g/mol. The molecule has 2 aliphatic rings. The van der Waals surface area contributed by atoms with Gasteiger partial charge in [0, 0.05) is 19.0 Å². The Bertz CT molecular complexity index is 1060. The first-order valence-electron chi connectivity index (χ1n) is 10.9. The van der Waals surface area contributed by atoms with Crippen LogP contribution in [0.3, 0.4) is 0 Å². The average Bonchev–Trinajstić information content (AvgIpc) is 2.79. The molecule has 0 saturated carbocycles. The maximum Gasteiger partial charge on any atom is 0.243 e. The van der Waals surface area contributed by atoms with Gasteiger partial charge in [-0.25, -0.2) is 8.42 Å². The standard InChI is InChI=1S/C24H30N2O4S/c1-17-16-20(10-11-23(17)30-2)31(28,29)26-14-12-19(13-15-26)24(27)25-22-9-5-7-18-6-3-4-8-21(18)22/h3-4,6,8,10-11,16,19,22H,5,7,9,12-15H2,1-2H3,(H,25,27)/t22-/m1/s1. The number of carbonyl (C=O) groups is 1. The molecule has 2 aromatic carbocycles. The molecule has 2 aromatic rings. The lowest BCUT2D eigenvalue weighted by molar-refractivity contribution is -0.127. The number of nitrogens with zero attached hydrogens (tertiary/aromatic N) is 1. The van der Waals surface area contributed by atoms with Gasteiger partial charge in [0.1, 0.15) is 5.75 Å². The average molecular weight is 443 g/mol. The van der Waals surface area contributed by atoms with Gasteiger partial charge in [-0.1, -0.05) is 24.3 Å². The van der Waals surface area contributed by atoms with E-state index in [4.69, 9.17) is 4.74 Å². The fraction of sp³-hybridized carbons (Fsp3) is 0.458. The Kier molecular flexibility index (Phi) is 6.34. The maximum absolute atomic E-state index is 13.1. The predicted molar refractivity (Wildman–Crippen MR) is 119 cm³/mol. The fourth-order valence-electron chi connectivity index (χ4n) is 4.71. The van der Waals surface area contributed by atoms with E-state index >= 15 is 0 Å². The summed E-state index contributed by atoms with van der Waals surface area (Å²) in [6.45, 7) is 2.54. The number of rotatable bonds is 5. The van der Waals surface area contributed by atoms with Gasteiger partial charge in [0.15, 0.2) is 0 Å². The Morgan fingerprint density at radius 2 is 1.84 bits per heavy atom. The lowest BCUT2D eigenvalue weighted by Gasteiger charge is -2.32. The number of aryl methyl sites for hydroxylation is 2. The molecule has 4 rings (SSSR count). The van der Waals surface area contributed by atoms with E-state index in [-0.39, 0.29) is 22.8 Å². The molecule has 1 saturated heterocycles. The number of hydrogen-bond acceptors (Lipinski definition) is 4. The minimum atomic E-state index is -3.58. The monoisotopic (exact) mass is 442 g/mol. The highest BCUT2D eigenvalue weighted by Gasteiger charge is 2.33. The van der Waals surface area contributed by atoms with Crippen molar-refractivity contribution < 1.29 is 17.9 Å². The van der Waals surface area contributed by atoms with Gasteiger partial charge in [0.25, 0.3) is 0 Å². The summed E-state index contributed by atoms with van der Waals surface area (Å²) >= 11 is 0. The molecule has 0 spiro atoms. The van der Waals surface area contributed by atoms with Crippen LogP contribution in [0.25, 0.3) is 0 Å². The molecule has 31 heavy (non-hydrogen) atoms. The number of piperidine rings is 1. The molecule has 0 bridgehead atoms. The Labute approximate surface area is 184 Å². The van der Waals surface area contributed by atoms with E-state index in [0.717, 1.165) is 24.8 Å². The number of sulfonamides is 1. The molecule has 7 heteroatoms. The third-order valence-corrected chi connectivity index (χ3v) is 8.41. The van der Waals surface area contributed by atoms with Crippen LogP contribution < -0.4 is 10.1 Å². The van der Waals surface area contributed by atoms with Crippen LogP contribution in [0.4, 0.5) is 0 Å². The molecule has 1 aliphatic carbocycles. The summed E-state index contributed by atoms with van der Waals surface area (Å²) in [6, 6.07) is 13.3. The van der Waals surface area contributed by atoms with Gasteiger partial charge in [-0.05, 0) is 73.9 Å². The lowest BCUT2D eigenvalue weighted by atomic mass is 9.87. The first-order chi connectivity index (χ1) is 14.9. The third kappa shape index (κ3) is 4.48. The molecule has 0 unspecified atom stereocenters. The van der Waals surface area contributed by atoms with Crippen LogP contribution in [-0.4, -0.2) is 38.8 Å². The molecule has 1 amide bonds. The normalized spacial score (nSPS) is 20.1. The smallest absolute Gasteiger partial charge is 0.243 e. The van der Waals surface area contributed by atoms with Gasteiger partial charge < -0.3 is 10.1 Å². The van der Waals surface area contributed by atoms with Crippen LogP contribution in [0.15, 0.2) is 47.4 Å². The Balaban J connectivity index is 1.38. The van der Waals surface area contributed by atoms with Gasteiger partial charge in [0.2, 0.25) is 15.9 Å². The molecule has 1 fully saturated rings. The van der Waals surface area contributed by atoms with Crippen LogP contribution in [0.2, 0.25) is 0 Å². The first kappa shape index (κ1) is 21.8. The van der Waals surface area contributed by atoms with E-state index in [1.807, 2.05) is 19.1 Å². The number of nitrogens with one attached hydrogen (secondary N) is 1. The second-order valence-corrected chi connectivity index (χ2v) is 10.4. The maximum atomic E-state index is 13.1. The van der Waals surface area contributed by atoms with E-state index in [2.05, 4.69) is 17.4 Å². The van der Waals surface area contributed by atoms with Crippen molar-refractivity contribution in [3.05, 3.63) is 59.2 Å². The number of carbonyl (C=O) groups excluding carboxylic acids is 1. The summed E-state index contributed by atoms with van der Waals surface area (Å²) in [5.74, 6) is 0.552. The van der Waals surface area contributed by atoms with Crippen molar-refractivity contribution in [2.45, 2.75) is 50.0 Å². The van der Waals surface area contributed by atoms with Crippen molar-refractivity contribution in [1.29, 1.82) is 0 Å².